The smallest absolute Gasteiger partial charge is 0.225 e. The maximum Gasteiger partial charge on any atom is 0.225 e. The number of aliphatic hydroxyl groups excluding tert-OH is 1. The molecule has 0 aromatic heterocycles. The molecule has 1 amide bonds. The molecule has 0 heterocycles. The van der Waals surface area contributed by atoms with Crippen molar-refractivity contribution in [2.24, 2.45) is 17.1 Å². The largest absolute Gasteiger partial charge is 0.391 e. The number of carbonyl (C=O) groups excluding carboxylic acids is 1. The van der Waals surface area contributed by atoms with Gasteiger partial charge in [-0.3, -0.25) is 4.79 Å². The highest BCUT2D eigenvalue weighted by Gasteiger charge is 2.28. The zero-order valence-electron chi connectivity index (χ0n) is 15.0. The topological polar surface area (TPSA) is 75.3 Å². The lowest BCUT2D eigenvalue weighted by atomic mass is 9.90. The molecule has 23 heavy (non-hydrogen) atoms. The van der Waals surface area contributed by atoms with Crippen molar-refractivity contribution in [3.05, 3.63) is 35.9 Å². The summed E-state index contributed by atoms with van der Waals surface area (Å²) in [6.07, 6.45) is 0.441. The third kappa shape index (κ3) is 6.71. The summed E-state index contributed by atoms with van der Waals surface area (Å²) in [6.45, 7) is 9.75. The average molecular weight is 320 g/mol. The van der Waals surface area contributed by atoms with Gasteiger partial charge in [-0.05, 0) is 24.3 Å². The summed E-state index contributed by atoms with van der Waals surface area (Å²) in [5, 5.41) is 13.5. The van der Waals surface area contributed by atoms with Crippen molar-refractivity contribution < 1.29 is 9.90 Å². The van der Waals surface area contributed by atoms with E-state index in [0.717, 1.165) is 5.56 Å². The Bertz CT molecular complexity index is 480. The molecule has 1 aromatic rings. The van der Waals surface area contributed by atoms with Crippen LogP contribution in [0.3, 0.4) is 0 Å². The van der Waals surface area contributed by atoms with Gasteiger partial charge in [0.15, 0.2) is 0 Å². The second-order valence-electron chi connectivity index (χ2n) is 7.73. The van der Waals surface area contributed by atoms with E-state index in [1.165, 1.54) is 0 Å². The van der Waals surface area contributed by atoms with Crippen LogP contribution in [0.5, 0.6) is 0 Å². The predicted molar refractivity (Wildman–Crippen MR) is 95.0 cm³/mol. The minimum absolute atomic E-state index is 0.0000285. The Kier molecular flexibility index (Phi) is 7.23. The molecular formula is C19H32N2O2. The number of rotatable bonds is 7. The number of amides is 1. The van der Waals surface area contributed by atoms with E-state index in [9.17, 15) is 9.90 Å². The van der Waals surface area contributed by atoms with E-state index in [4.69, 9.17) is 5.73 Å². The lowest BCUT2D eigenvalue weighted by molar-refractivity contribution is -0.129. The Labute approximate surface area is 140 Å². The van der Waals surface area contributed by atoms with Crippen LogP contribution in [-0.2, 0) is 11.2 Å². The monoisotopic (exact) mass is 320 g/mol. The molecule has 0 fully saturated rings. The van der Waals surface area contributed by atoms with Crippen LogP contribution in [0.2, 0.25) is 0 Å². The van der Waals surface area contributed by atoms with Crippen molar-refractivity contribution in [2.75, 3.05) is 0 Å². The zero-order valence-corrected chi connectivity index (χ0v) is 15.0. The van der Waals surface area contributed by atoms with Crippen LogP contribution in [0.25, 0.3) is 0 Å². The van der Waals surface area contributed by atoms with E-state index in [1.54, 1.807) is 0 Å². The molecule has 0 saturated heterocycles. The maximum absolute atomic E-state index is 12.2. The average Bonchev–Trinajstić information content (AvgIpc) is 2.46. The standard InChI is InChI=1S/C19H32N2O2/c1-13(2)16(21-18(23)19(3,4)5)12-17(22)15(20)11-14-9-7-6-8-10-14/h6-10,13,15-17,22H,11-12,20H2,1-5H3,(H,21,23)/t15-,16-,17-/m0/s1. The summed E-state index contributed by atoms with van der Waals surface area (Å²) >= 11 is 0. The van der Waals surface area contributed by atoms with Gasteiger partial charge in [0.1, 0.15) is 0 Å². The summed E-state index contributed by atoms with van der Waals surface area (Å²) in [6, 6.07) is 9.48. The van der Waals surface area contributed by atoms with E-state index in [2.05, 4.69) is 5.32 Å². The molecular weight excluding hydrogens is 288 g/mol. The molecule has 3 atom stereocenters. The lowest BCUT2D eigenvalue weighted by Crippen LogP contribution is -2.48. The molecule has 0 spiro atoms. The summed E-state index contributed by atoms with van der Waals surface area (Å²) in [5.74, 6) is 0.236. The van der Waals surface area contributed by atoms with E-state index in [-0.39, 0.29) is 23.9 Å². The summed E-state index contributed by atoms with van der Waals surface area (Å²) < 4.78 is 0. The Balaban J connectivity index is 2.63. The lowest BCUT2D eigenvalue weighted by Gasteiger charge is -2.30. The van der Waals surface area contributed by atoms with E-state index < -0.39 is 11.5 Å². The summed E-state index contributed by atoms with van der Waals surface area (Å²) in [7, 11) is 0. The van der Waals surface area contributed by atoms with Crippen molar-refractivity contribution in [1.82, 2.24) is 5.32 Å². The molecule has 4 heteroatoms. The van der Waals surface area contributed by atoms with Gasteiger partial charge in [0.25, 0.3) is 0 Å². The molecule has 1 aromatic carbocycles. The van der Waals surface area contributed by atoms with Crippen molar-refractivity contribution >= 4 is 5.91 Å². The Morgan fingerprint density at radius 2 is 1.78 bits per heavy atom. The first kappa shape index (κ1) is 19.7. The first-order chi connectivity index (χ1) is 10.6. The molecule has 0 aliphatic carbocycles. The van der Waals surface area contributed by atoms with Crippen LogP contribution in [-0.4, -0.2) is 29.2 Å². The third-order valence-electron chi connectivity index (χ3n) is 4.11. The van der Waals surface area contributed by atoms with Gasteiger partial charge in [0.2, 0.25) is 5.91 Å². The minimum Gasteiger partial charge on any atom is -0.391 e. The second-order valence-corrected chi connectivity index (χ2v) is 7.73. The highest BCUT2D eigenvalue weighted by atomic mass is 16.3. The maximum atomic E-state index is 12.2. The van der Waals surface area contributed by atoms with Crippen LogP contribution in [0.4, 0.5) is 0 Å². The Morgan fingerprint density at radius 1 is 1.22 bits per heavy atom. The van der Waals surface area contributed by atoms with Crippen LogP contribution in [0.15, 0.2) is 30.3 Å². The number of carbonyl (C=O) groups is 1. The van der Waals surface area contributed by atoms with Gasteiger partial charge < -0.3 is 16.2 Å². The number of hydrogen-bond acceptors (Lipinski definition) is 3. The fourth-order valence-electron chi connectivity index (χ4n) is 2.34. The van der Waals surface area contributed by atoms with Crippen molar-refractivity contribution in [2.45, 2.75) is 65.6 Å². The van der Waals surface area contributed by atoms with Crippen molar-refractivity contribution in [1.29, 1.82) is 0 Å². The summed E-state index contributed by atoms with van der Waals surface area (Å²) in [4.78, 5) is 12.2. The van der Waals surface area contributed by atoms with Gasteiger partial charge in [-0.15, -0.1) is 0 Å². The molecule has 0 aliphatic heterocycles. The fraction of sp³-hybridized carbons (Fsp3) is 0.632. The van der Waals surface area contributed by atoms with Gasteiger partial charge in [-0.1, -0.05) is 65.0 Å². The first-order valence-electron chi connectivity index (χ1n) is 8.39. The van der Waals surface area contributed by atoms with Crippen molar-refractivity contribution in [3.63, 3.8) is 0 Å². The normalized spacial score (nSPS) is 16.0. The van der Waals surface area contributed by atoms with E-state index >= 15 is 0 Å². The predicted octanol–water partition coefficient (Wildman–Crippen LogP) is 2.49. The molecule has 1 rings (SSSR count). The highest BCUT2D eigenvalue weighted by molar-refractivity contribution is 5.81. The van der Waals surface area contributed by atoms with Crippen LogP contribution < -0.4 is 11.1 Å². The molecule has 4 N–H and O–H groups in total. The molecule has 0 bridgehead atoms. The van der Waals surface area contributed by atoms with E-state index in [0.29, 0.717) is 12.8 Å². The van der Waals surface area contributed by atoms with Crippen molar-refractivity contribution in [3.8, 4) is 0 Å². The number of hydrogen-bond donors (Lipinski definition) is 3. The fourth-order valence-corrected chi connectivity index (χ4v) is 2.34. The number of nitrogens with two attached hydrogens (primary N) is 1. The zero-order chi connectivity index (χ0) is 17.6. The van der Waals surface area contributed by atoms with E-state index in [1.807, 2.05) is 65.0 Å². The van der Waals surface area contributed by atoms with Gasteiger partial charge >= 0.3 is 0 Å². The molecule has 0 saturated carbocycles. The second kappa shape index (κ2) is 8.46. The molecule has 0 unspecified atom stereocenters. The Hall–Kier alpha value is -1.39. The van der Waals surface area contributed by atoms with Gasteiger partial charge in [-0.2, -0.15) is 0 Å². The van der Waals surface area contributed by atoms with Gasteiger partial charge in [-0.25, -0.2) is 0 Å². The van der Waals surface area contributed by atoms with Gasteiger partial charge in [0, 0.05) is 17.5 Å². The number of benzene rings is 1. The number of aliphatic hydroxyl groups is 1. The summed E-state index contributed by atoms with van der Waals surface area (Å²) in [5.41, 5.74) is 6.82. The molecule has 130 valence electrons. The van der Waals surface area contributed by atoms with Gasteiger partial charge in [0.05, 0.1) is 6.10 Å². The molecule has 0 radical (unpaired) electrons. The first-order valence-corrected chi connectivity index (χ1v) is 8.39. The minimum atomic E-state index is -0.650. The van der Waals surface area contributed by atoms with Crippen LogP contribution in [0, 0.1) is 11.3 Å². The van der Waals surface area contributed by atoms with Crippen LogP contribution in [0.1, 0.15) is 46.6 Å². The SMILES string of the molecule is CC(C)[C@H](C[C@H](O)[C@@H](N)Cc1ccccc1)NC(=O)C(C)(C)C. The van der Waals surface area contributed by atoms with Crippen LogP contribution >= 0.6 is 0 Å². The molecule has 4 nitrogen and oxygen atoms in total. The Morgan fingerprint density at radius 3 is 2.26 bits per heavy atom. The highest BCUT2D eigenvalue weighted by Crippen LogP contribution is 2.17. The molecule has 0 aliphatic rings. The third-order valence-corrected chi connectivity index (χ3v) is 4.11. The quantitative estimate of drug-likeness (QED) is 0.722. The number of nitrogens with one attached hydrogen (secondary N) is 1.